The van der Waals surface area contributed by atoms with Crippen molar-refractivity contribution < 1.29 is 14.3 Å². The number of primary amides is 1. The number of amides is 1. The van der Waals surface area contributed by atoms with Gasteiger partial charge in [-0.3, -0.25) is 9.59 Å². The molecule has 0 fully saturated rings. The Balaban J connectivity index is 2.13. The van der Waals surface area contributed by atoms with Gasteiger partial charge in [0.05, 0.1) is 0 Å². The van der Waals surface area contributed by atoms with Crippen molar-refractivity contribution >= 4 is 49.6 Å². The molecule has 0 aromatic heterocycles. The number of ether oxygens (including phenoxy) is 1. The van der Waals surface area contributed by atoms with Gasteiger partial charge in [0.15, 0.2) is 12.4 Å². The summed E-state index contributed by atoms with van der Waals surface area (Å²) in [6.45, 7) is 1.62. The van der Waals surface area contributed by atoms with E-state index < -0.39 is 5.91 Å². The Kier molecular flexibility index (Phi) is 6.34. The highest BCUT2D eigenvalue weighted by Crippen LogP contribution is 2.22. The fourth-order valence-corrected chi connectivity index (χ4v) is 3.38. The van der Waals surface area contributed by atoms with Crippen LogP contribution in [0.15, 0.2) is 51.4 Å². The Labute approximate surface area is 157 Å². The molecule has 2 rings (SSSR count). The molecule has 0 radical (unpaired) electrons. The van der Waals surface area contributed by atoms with E-state index in [4.69, 9.17) is 10.5 Å². The molecule has 0 aliphatic heterocycles. The Morgan fingerprint density at radius 3 is 2.38 bits per heavy atom. The van der Waals surface area contributed by atoms with Crippen molar-refractivity contribution in [2.45, 2.75) is 6.92 Å². The SMILES string of the molecule is Cc1cc(C(=O)/C=C/c2cc(Br)cc(Br)c2)ccc1OCC(N)=O. The molecule has 0 aliphatic carbocycles. The first-order chi connectivity index (χ1) is 11.3. The summed E-state index contributed by atoms with van der Waals surface area (Å²) in [5.74, 6) is -0.126. The van der Waals surface area contributed by atoms with E-state index in [2.05, 4.69) is 31.9 Å². The highest BCUT2D eigenvalue weighted by molar-refractivity contribution is 9.11. The van der Waals surface area contributed by atoms with Crippen LogP contribution in [0.1, 0.15) is 21.5 Å². The van der Waals surface area contributed by atoms with E-state index in [9.17, 15) is 9.59 Å². The molecule has 0 aliphatic rings. The third-order valence-electron chi connectivity index (χ3n) is 3.14. The number of carbonyl (C=O) groups excluding carboxylic acids is 2. The van der Waals surface area contributed by atoms with Gasteiger partial charge in [-0.1, -0.05) is 37.9 Å². The summed E-state index contributed by atoms with van der Waals surface area (Å²) in [7, 11) is 0. The zero-order chi connectivity index (χ0) is 17.7. The normalized spacial score (nSPS) is 10.8. The van der Waals surface area contributed by atoms with E-state index in [0.29, 0.717) is 11.3 Å². The lowest BCUT2D eigenvalue weighted by atomic mass is 10.1. The summed E-state index contributed by atoms with van der Waals surface area (Å²) >= 11 is 6.82. The van der Waals surface area contributed by atoms with Gasteiger partial charge in [-0.05, 0) is 60.5 Å². The molecule has 24 heavy (non-hydrogen) atoms. The van der Waals surface area contributed by atoms with Crippen LogP contribution in [0.3, 0.4) is 0 Å². The molecular weight excluding hydrogens is 438 g/mol. The Hall–Kier alpha value is -1.92. The van der Waals surface area contributed by atoms with Gasteiger partial charge in [-0.2, -0.15) is 0 Å². The fraction of sp³-hybridized carbons (Fsp3) is 0.111. The topological polar surface area (TPSA) is 69.4 Å². The summed E-state index contributed by atoms with van der Waals surface area (Å²) in [4.78, 5) is 23.0. The molecule has 1 amide bonds. The maximum absolute atomic E-state index is 12.3. The monoisotopic (exact) mass is 451 g/mol. The molecule has 0 heterocycles. The van der Waals surface area contributed by atoms with Gasteiger partial charge in [0, 0.05) is 14.5 Å². The van der Waals surface area contributed by atoms with Crippen LogP contribution in [0.2, 0.25) is 0 Å². The molecule has 2 aromatic rings. The largest absolute Gasteiger partial charge is 0.484 e. The quantitative estimate of drug-likeness (QED) is 0.525. The Morgan fingerprint density at radius 2 is 1.79 bits per heavy atom. The lowest BCUT2D eigenvalue weighted by Crippen LogP contribution is -2.20. The number of hydrogen-bond donors (Lipinski definition) is 1. The summed E-state index contributed by atoms with van der Waals surface area (Å²) in [6, 6.07) is 10.8. The lowest BCUT2D eigenvalue weighted by molar-refractivity contribution is -0.119. The molecule has 0 unspecified atom stereocenters. The minimum absolute atomic E-state index is 0.115. The van der Waals surface area contributed by atoms with Crippen LogP contribution in [0.25, 0.3) is 6.08 Å². The van der Waals surface area contributed by atoms with Crippen LogP contribution < -0.4 is 10.5 Å². The molecule has 124 valence electrons. The van der Waals surface area contributed by atoms with Crippen LogP contribution >= 0.6 is 31.9 Å². The van der Waals surface area contributed by atoms with E-state index >= 15 is 0 Å². The van der Waals surface area contributed by atoms with E-state index in [1.807, 2.05) is 25.1 Å². The number of rotatable bonds is 6. The zero-order valence-corrected chi connectivity index (χ0v) is 16.1. The van der Waals surface area contributed by atoms with Crippen molar-refractivity contribution in [1.29, 1.82) is 0 Å². The first kappa shape index (κ1) is 18.4. The highest BCUT2D eigenvalue weighted by atomic mass is 79.9. The van der Waals surface area contributed by atoms with Crippen LogP contribution in [0, 0.1) is 6.92 Å². The Bertz CT molecular complexity index is 796. The smallest absolute Gasteiger partial charge is 0.255 e. The number of halogens is 2. The van der Waals surface area contributed by atoms with Crippen LogP contribution in [-0.4, -0.2) is 18.3 Å². The average Bonchev–Trinajstić information content (AvgIpc) is 2.50. The van der Waals surface area contributed by atoms with Crippen molar-refractivity contribution in [3.8, 4) is 5.75 Å². The zero-order valence-electron chi connectivity index (χ0n) is 12.9. The average molecular weight is 453 g/mol. The van der Waals surface area contributed by atoms with Gasteiger partial charge in [0.25, 0.3) is 5.91 Å². The van der Waals surface area contributed by atoms with Crippen molar-refractivity contribution in [1.82, 2.24) is 0 Å². The fourth-order valence-electron chi connectivity index (χ4n) is 2.05. The number of ketones is 1. The number of allylic oxidation sites excluding steroid dienone is 1. The van der Waals surface area contributed by atoms with Gasteiger partial charge in [-0.25, -0.2) is 0 Å². The molecule has 0 spiro atoms. The summed E-state index contributed by atoms with van der Waals surface area (Å²) in [6.07, 6.45) is 3.28. The molecular formula is C18H15Br2NO3. The highest BCUT2D eigenvalue weighted by Gasteiger charge is 2.07. The number of aryl methyl sites for hydroxylation is 1. The minimum Gasteiger partial charge on any atom is -0.484 e. The first-order valence-corrected chi connectivity index (χ1v) is 8.64. The first-order valence-electron chi connectivity index (χ1n) is 7.05. The predicted molar refractivity (Wildman–Crippen MR) is 101 cm³/mol. The van der Waals surface area contributed by atoms with Crippen LogP contribution in [-0.2, 0) is 4.79 Å². The lowest BCUT2D eigenvalue weighted by Gasteiger charge is -2.08. The van der Waals surface area contributed by atoms with Crippen molar-refractivity contribution in [2.24, 2.45) is 5.73 Å². The Morgan fingerprint density at radius 1 is 1.12 bits per heavy atom. The second-order valence-corrected chi connectivity index (χ2v) is 6.97. The summed E-state index contributed by atoms with van der Waals surface area (Å²) in [5, 5.41) is 0. The molecule has 0 saturated heterocycles. The molecule has 4 nitrogen and oxygen atoms in total. The van der Waals surface area contributed by atoms with Gasteiger partial charge in [0.1, 0.15) is 5.75 Å². The number of benzene rings is 2. The van der Waals surface area contributed by atoms with E-state index in [1.165, 1.54) is 6.08 Å². The number of carbonyl (C=O) groups is 2. The number of nitrogens with two attached hydrogens (primary N) is 1. The molecule has 0 saturated carbocycles. The van der Waals surface area contributed by atoms with E-state index in [1.54, 1.807) is 24.3 Å². The predicted octanol–water partition coefficient (Wildman–Crippen LogP) is 4.28. The third kappa shape index (κ3) is 5.32. The van der Waals surface area contributed by atoms with Gasteiger partial charge >= 0.3 is 0 Å². The molecule has 0 bridgehead atoms. The van der Waals surface area contributed by atoms with E-state index in [-0.39, 0.29) is 12.4 Å². The number of hydrogen-bond acceptors (Lipinski definition) is 3. The maximum Gasteiger partial charge on any atom is 0.255 e. The van der Waals surface area contributed by atoms with Crippen molar-refractivity contribution in [2.75, 3.05) is 6.61 Å². The van der Waals surface area contributed by atoms with Gasteiger partial charge < -0.3 is 10.5 Å². The van der Waals surface area contributed by atoms with Crippen molar-refractivity contribution in [3.05, 3.63) is 68.1 Å². The van der Waals surface area contributed by atoms with E-state index in [0.717, 1.165) is 20.1 Å². The van der Waals surface area contributed by atoms with Crippen LogP contribution in [0.5, 0.6) is 5.75 Å². The van der Waals surface area contributed by atoms with Gasteiger partial charge in [-0.15, -0.1) is 0 Å². The molecule has 2 N–H and O–H groups in total. The van der Waals surface area contributed by atoms with Crippen molar-refractivity contribution in [3.63, 3.8) is 0 Å². The standard InChI is InChI=1S/C18H15Br2NO3/c1-11-6-13(3-5-17(11)24-10-18(21)23)16(22)4-2-12-7-14(19)9-15(20)8-12/h2-9H,10H2,1H3,(H2,21,23)/b4-2+. The second-order valence-electron chi connectivity index (χ2n) is 5.14. The minimum atomic E-state index is -0.544. The second kappa shape index (κ2) is 8.26. The molecule has 0 atom stereocenters. The maximum atomic E-state index is 12.3. The third-order valence-corrected chi connectivity index (χ3v) is 4.06. The summed E-state index contributed by atoms with van der Waals surface area (Å²) in [5.41, 5.74) is 7.27. The molecule has 6 heteroatoms. The van der Waals surface area contributed by atoms with Gasteiger partial charge in [0.2, 0.25) is 0 Å². The molecule has 2 aromatic carbocycles. The summed E-state index contributed by atoms with van der Waals surface area (Å²) < 4.78 is 7.13. The van der Waals surface area contributed by atoms with Crippen LogP contribution in [0.4, 0.5) is 0 Å².